The third-order valence-electron chi connectivity index (χ3n) is 3.36. The lowest BCUT2D eigenvalue weighted by atomic mass is 9.97. The summed E-state index contributed by atoms with van der Waals surface area (Å²) in [5.74, 6) is -0.807. The minimum Gasteiger partial charge on any atom is -0.479 e. The van der Waals surface area contributed by atoms with Crippen LogP contribution >= 0.6 is 11.8 Å². The van der Waals surface area contributed by atoms with E-state index < -0.39 is 12.0 Å². The summed E-state index contributed by atoms with van der Waals surface area (Å²) in [4.78, 5) is 23.5. The molecule has 0 radical (unpaired) electrons. The van der Waals surface area contributed by atoms with Crippen molar-refractivity contribution in [3.05, 3.63) is 34.9 Å². The summed E-state index contributed by atoms with van der Waals surface area (Å²) in [5, 5.41) is 12.0. The molecule has 0 saturated carbocycles. The lowest BCUT2D eigenvalue weighted by Crippen LogP contribution is -2.38. The summed E-state index contributed by atoms with van der Waals surface area (Å²) in [6, 6.07) is 4.49. The van der Waals surface area contributed by atoms with E-state index in [1.54, 1.807) is 24.8 Å². The number of amides is 1. The van der Waals surface area contributed by atoms with E-state index >= 15 is 0 Å². The van der Waals surface area contributed by atoms with Crippen molar-refractivity contribution in [2.24, 2.45) is 5.92 Å². The molecule has 2 unspecified atom stereocenters. The van der Waals surface area contributed by atoms with Gasteiger partial charge in [0.2, 0.25) is 5.91 Å². The Balaban J connectivity index is 2.98. The number of benzene rings is 1. The zero-order valence-corrected chi connectivity index (χ0v) is 13.1. The molecular formula is C15H21NO3S. The van der Waals surface area contributed by atoms with E-state index in [4.69, 9.17) is 0 Å². The number of carbonyl (C=O) groups excluding carboxylic acids is 1. The zero-order chi connectivity index (χ0) is 15.3. The monoisotopic (exact) mass is 295 g/mol. The van der Waals surface area contributed by atoms with Gasteiger partial charge in [-0.25, -0.2) is 4.79 Å². The predicted octanol–water partition coefficient (Wildman–Crippen LogP) is 2.54. The van der Waals surface area contributed by atoms with Crippen LogP contribution in [0.2, 0.25) is 0 Å². The largest absolute Gasteiger partial charge is 0.479 e. The number of nitrogens with one attached hydrogen (secondary N) is 1. The molecule has 1 aromatic carbocycles. The molecule has 2 atom stereocenters. The van der Waals surface area contributed by atoms with Gasteiger partial charge in [-0.2, -0.15) is 11.8 Å². The van der Waals surface area contributed by atoms with E-state index in [0.29, 0.717) is 11.3 Å². The summed E-state index contributed by atoms with van der Waals surface area (Å²) in [5.41, 5.74) is 2.56. The van der Waals surface area contributed by atoms with Crippen molar-refractivity contribution in [2.75, 3.05) is 12.0 Å². The van der Waals surface area contributed by atoms with Gasteiger partial charge < -0.3 is 10.4 Å². The lowest BCUT2D eigenvalue weighted by molar-refractivity contribution is -0.142. The summed E-state index contributed by atoms with van der Waals surface area (Å²) in [7, 11) is 0. The summed E-state index contributed by atoms with van der Waals surface area (Å²) < 4.78 is 0. The number of aryl methyl sites for hydroxylation is 1. The van der Waals surface area contributed by atoms with Gasteiger partial charge in [0.05, 0.1) is 0 Å². The minimum atomic E-state index is -1.04. The number of hydrogen-bond acceptors (Lipinski definition) is 3. The maximum absolute atomic E-state index is 12.0. The number of rotatable bonds is 6. The second-order valence-corrected chi connectivity index (χ2v) is 5.84. The van der Waals surface area contributed by atoms with Crippen molar-refractivity contribution >= 4 is 23.6 Å². The van der Waals surface area contributed by atoms with Crippen LogP contribution in [-0.2, 0) is 9.59 Å². The standard InChI is InChI=1S/C15H21NO3S/c1-9-6-5-7-12(11(9)3)13(15(18)19)16-14(17)10(2)8-20-4/h5-7,10,13H,8H2,1-4H3,(H,16,17)(H,18,19). The van der Waals surface area contributed by atoms with Crippen LogP contribution in [0.25, 0.3) is 0 Å². The van der Waals surface area contributed by atoms with Crippen LogP contribution in [0.3, 0.4) is 0 Å². The second kappa shape index (κ2) is 7.33. The molecule has 4 nitrogen and oxygen atoms in total. The number of carboxylic acid groups (broad SMARTS) is 1. The molecule has 0 aliphatic heterocycles. The first-order chi connectivity index (χ1) is 9.38. The van der Waals surface area contributed by atoms with Gasteiger partial charge in [0.1, 0.15) is 0 Å². The van der Waals surface area contributed by atoms with E-state index in [9.17, 15) is 14.7 Å². The Morgan fingerprint density at radius 2 is 2.00 bits per heavy atom. The SMILES string of the molecule is CSCC(C)C(=O)NC(C(=O)O)c1cccc(C)c1C. The Kier molecular flexibility index (Phi) is 6.07. The highest BCUT2D eigenvalue weighted by atomic mass is 32.2. The molecular weight excluding hydrogens is 274 g/mol. The van der Waals surface area contributed by atoms with E-state index in [1.807, 2.05) is 32.2 Å². The predicted molar refractivity (Wildman–Crippen MR) is 82.0 cm³/mol. The van der Waals surface area contributed by atoms with Crippen LogP contribution in [0.15, 0.2) is 18.2 Å². The molecule has 0 aliphatic carbocycles. The van der Waals surface area contributed by atoms with E-state index in [2.05, 4.69) is 5.32 Å². The zero-order valence-electron chi connectivity index (χ0n) is 12.3. The molecule has 20 heavy (non-hydrogen) atoms. The Hall–Kier alpha value is -1.49. The van der Waals surface area contributed by atoms with E-state index in [0.717, 1.165) is 11.1 Å². The van der Waals surface area contributed by atoms with Crippen molar-refractivity contribution in [1.82, 2.24) is 5.32 Å². The van der Waals surface area contributed by atoms with Crippen LogP contribution in [0.1, 0.15) is 29.7 Å². The fraction of sp³-hybridized carbons (Fsp3) is 0.467. The first kappa shape index (κ1) is 16.6. The Labute approximate surface area is 124 Å². The summed E-state index contributed by atoms with van der Waals surface area (Å²) in [6.07, 6.45) is 1.92. The van der Waals surface area contributed by atoms with Crippen molar-refractivity contribution < 1.29 is 14.7 Å². The third kappa shape index (κ3) is 4.00. The highest BCUT2D eigenvalue weighted by molar-refractivity contribution is 7.98. The molecule has 2 N–H and O–H groups in total. The fourth-order valence-electron chi connectivity index (χ4n) is 1.97. The van der Waals surface area contributed by atoms with Crippen molar-refractivity contribution in [3.63, 3.8) is 0 Å². The molecule has 0 fully saturated rings. The lowest BCUT2D eigenvalue weighted by Gasteiger charge is -2.20. The highest BCUT2D eigenvalue weighted by Crippen LogP contribution is 2.21. The quantitative estimate of drug-likeness (QED) is 0.846. The number of aliphatic carboxylic acids is 1. The molecule has 5 heteroatoms. The van der Waals surface area contributed by atoms with Crippen molar-refractivity contribution in [1.29, 1.82) is 0 Å². The molecule has 1 amide bonds. The van der Waals surface area contributed by atoms with Crippen LogP contribution in [0, 0.1) is 19.8 Å². The maximum atomic E-state index is 12.0. The van der Waals surface area contributed by atoms with Gasteiger partial charge in [-0.1, -0.05) is 25.1 Å². The van der Waals surface area contributed by atoms with Gasteiger partial charge in [-0.15, -0.1) is 0 Å². The first-order valence-electron chi connectivity index (χ1n) is 6.46. The fourth-order valence-corrected chi connectivity index (χ4v) is 2.62. The van der Waals surface area contributed by atoms with Crippen LogP contribution in [0.5, 0.6) is 0 Å². The number of carboxylic acids is 1. The second-order valence-electron chi connectivity index (χ2n) is 4.93. The molecule has 0 spiro atoms. The molecule has 0 aliphatic rings. The molecule has 0 bridgehead atoms. The maximum Gasteiger partial charge on any atom is 0.330 e. The summed E-state index contributed by atoms with van der Waals surface area (Å²) >= 11 is 1.57. The highest BCUT2D eigenvalue weighted by Gasteiger charge is 2.25. The first-order valence-corrected chi connectivity index (χ1v) is 7.86. The topological polar surface area (TPSA) is 66.4 Å². The van der Waals surface area contributed by atoms with Crippen LogP contribution < -0.4 is 5.32 Å². The smallest absolute Gasteiger partial charge is 0.330 e. The average molecular weight is 295 g/mol. The van der Waals surface area contributed by atoms with Crippen LogP contribution in [0.4, 0.5) is 0 Å². The normalized spacial score (nSPS) is 13.6. The average Bonchev–Trinajstić information content (AvgIpc) is 2.39. The van der Waals surface area contributed by atoms with Crippen molar-refractivity contribution in [3.8, 4) is 0 Å². The van der Waals surface area contributed by atoms with Gasteiger partial charge in [0, 0.05) is 11.7 Å². The Morgan fingerprint density at radius 1 is 1.35 bits per heavy atom. The molecule has 0 saturated heterocycles. The van der Waals surface area contributed by atoms with Gasteiger partial charge in [0.15, 0.2) is 6.04 Å². The number of thioether (sulfide) groups is 1. The van der Waals surface area contributed by atoms with Gasteiger partial charge >= 0.3 is 5.97 Å². The van der Waals surface area contributed by atoms with E-state index in [-0.39, 0.29) is 11.8 Å². The van der Waals surface area contributed by atoms with Gasteiger partial charge in [0.25, 0.3) is 0 Å². The van der Waals surface area contributed by atoms with Crippen LogP contribution in [-0.4, -0.2) is 29.0 Å². The Morgan fingerprint density at radius 3 is 2.55 bits per heavy atom. The molecule has 0 heterocycles. The number of hydrogen-bond donors (Lipinski definition) is 2. The van der Waals surface area contributed by atoms with Crippen molar-refractivity contribution in [2.45, 2.75) is 26.8 Å². The van der Waals surface area contributed by atoms with Gasteiger partial charge in [-0.05, 0) is 36.8 Å². The number of carbonyl (C=O) groups is 2. The van der Waals surface area contributed by atoms with E-state index in [1.165, 1.54) is 0 Å². The molecule has 1 aromatic rings. The molecule has 1 rings (SSSR count). The Bertz CT molecular complexity index is 502. The van der Waals surface area contributed by atoms with Gasteiger partial charge in [-0.3, -0.25) is 4.79 Å². The third-order valence-corrected chi connectivity index (χ3v) is 4.19. The minimum absolute atomic E-state index is 0.211. The summed E-state index contributed by atoms with van der Waals surface area (Å²) in [6.45, 7) is 5.60. The molecule has 110 valence electrons. The molecule has 0 aromatic heterocycles.